The first-order chi connectivity index (χ1) is 73.1. The lowest BCUT2D eigenvalue weighted by Crippen LogP contribution is -2.36. The lowest BCUT2D eigenvalue weighted by molar-refractivity contribution is 0.0792. The number of aromatic amines is 4. The van der Waals surface area contributed by atoms with Crippen LogP contribution >= 0.6 is 0 Å². The molecule has 24 rings (SSSR count). The summed E-state index contributed by atoms with van der Waals surface area (Å²) in [6.45, 7) is 22.0. The molecule has 0 atom stereocenters. The molecule has 8 saturated heterocycles. The van der Waals surface area contributed by atoms with Crippen molar-refractivity contribution in [2.24, 2.45) is 0 Å². The first-order valence-corrected chi connectivity index (χ1v) is 53.2. The third-order valence-electron chi connectivity index (χ3n) is 29.8. The first-order valence-electron chi connectivity index (χ1n) is 53.2. The molecular weight excluding hydrogens is 1870 g/mol. The number of H-pyrrole nitrogens is 4. The molecule has 34 nitrogen and oxygen atoms in total. The van der Waals surface area contributed by atoms with E-state index in [0.29, 0.717) is 45.5 Å². The molecule has 0 spiro atoms. The van der Waals surface area contributed by atoms with Crippen molar-refractivity contribution in [1.82, 2.24) is 100 Å². The van der Waals surface area contributed by atoms with Gasteiger partial charge in [-0.15, -0.1) is 0 Å². The maximum absolute atomic E-state index is 13.2. The number of likely N-dealkylation sites (tertiary alicyclic amines) is 4. The Morgan fingerprint density at radius 2 is 0.544 bits per heavy atom. The van der Waals surface area contributed by atoms with Gasteiger partial charge >= 0.3 is 0 Å². The summed E-state index contributed by atoms with van der Waals surface area (Å²) in [5, 5.41) is 63.6. The summed E-state index contributed by atoms with van der Waals surface area (Å²) >= 11 is 0. The Bertz CT molecular complexity index is 7300. The number of aromatic nitrogens is 16. The number of hydrogen-bond acceptors (Lipinski definition) is 26. The number of nitrogens with one attached hydrogen (secondary N) is 8. The van der Waals surface area contributed by atoms with Gasteiger partial charge in [0.25, 0.3) is 23.6 Å². The second kappa shape index (κ2) is 47.3. The molecule has 0 bridgehead atoms. The number of amides is 4. The highest BCUT2D eigenvalue weighted by Gasteiger charge is 2.28. The van der Waals surface area contributed by atoms with E-state index in [1.165, 1.54) is 119 Å². The molecule has 0 radical (unpaired) electrons. The van der Waals surface area contributed by atoms with Crippen LogP contribution in [0.25, 0.3) is 88.1 Å². The Morgan fingerprint density at radius 3 is 0.846 bits per heavy atom. The molecule has 0 unspecified atom stereocenters. The molecule has 149 heavy (non-hydrogen) atoms. The second-order valence-corrected chi connectivity index (χ2v) is 40.7. The summed E-state index contributed by atoms with van der Waals surface area (Å²) in [6, 6.07) is 46.2. The monoisotopic (exact) mass is 2000 g/mol. The van der Waals surface area contributed by atoms with Crippen LogP contribution in [0.5, 0.6) is 0 Å². The zero-order chi connectivity index (χ0) is 101. The van der Waals surface area contributed by atoms with E-state index in [-0.39, 0.29) is 35.8 Å². The standard InChI is InChI=1S/C29H33N7O2.2C29H33N7O.C28H31N7O2/c37-24-8-12-36(13-9-24)27-7-5-23(18-31-27)32-29(38)28-25-15-21(4-6-26(25)33-34-28)22-14-20(16-30-17-22)19-35-10-2-1-3-11-35;1-20-13-24(18-31-28(20)36-11-5-6-12-36)32-29(37)27-25-15-22(7-8-26(25)33-34-27)23-14-21(16-30-17-23)19-35-9-3-2-4-10-35;37-29(32-24-8-10-27(31-19-24)36-13-5-2-6-14-36)28-25-16-22(7-9-26(25)33-34-28)23-15-21(17-30-18-23)20-35-11-3-1-4-12-35;36-23-7-11-34(12-8-23)18-19-13-21(16-29-15-19)20-3-5-25-24(14-20)27(33-32-25)28(37)31-22-4-6-26(30-17-22)35-9-1-2-10-35/h4-7,14-18,24,37H,1-3,8-13,19H2,(H,32,38)(H,33,34);7-8,13-18H,2-6,9-12,19H2,1H3,(H,32,37)(H,33,34);7-10,15-19H,1-6,11-14,20H2,(H,32,37)(H,33,34);3-6,13-17,23,36H,1-2,7-12,18H2,(H,31,37)(H,32,33). The number of rotatable bonds is 24. The van der Waals surface area contributed by atoms with Gasteiger partial charge in [0.05, 0.1) is 81.8 Å². The Balaban J connectivity index is 0.000000116. The molecule has 8 aliphatic heterocycles. The summed E-state index contributed by atoms with van der Waals surface area (Å²) in [5.74, 6) is 2.67. The van der Waals surface area contributed by atoms with Gasteiger partial charge in [-0.25, -0.2) is 19.9 Å². The molecule has 20 heterocycles. The van der Waals surface area contributed by atoms with Crippen molar-refractivity contribution in [2.75, 3.05) is 146 Å². The van der Waals surface area contributed by atoms with Gasteiger partial charge in [0.15, 0.2) is 22.8 Å². The number of carbonyl (C=O) groups is 4. The van der Waals surface area contributed by atoms with Gasteiger partial charge in [-0.3, -0.25) is 79.1 Å². The molecule has 10 N–H and O–H groups in total. The summed E-state index contributed by atoms with van der Waals surface area (Å²) in [4.78, 5) is 108. The highest BCUT2D eigenvalue weighted by Crippen LogP contribution is 2.36. The van der Waals surface area contributed by atoms with Gasteiger partial charge in [-0.05, 0) is 321 Å². The van der Waals surface area contributed by atoms with Gasteiger partial charge in [0.1, 0.15) is 23.3 Å². The van der Waals surface area contributed by atoms with E-state index < -0.39 is 0 Å². The minimum atomic E-state index is -0.291. The summed E-state index contributed by atoms with van der Waals surface area (Å²) in [6.07, 6.45) is 44.8. The Morgan fingerprint density at radius 1 is 0.275 bits per heavy atom. The maximum atomic E-state index is 13.2. The smallest absolute Gasteiger partial charge is 0.276 e. The van der Waals surface area contributed by atoms with E-state index in [2.05, 4.69) is 165 Å². The topological polar surface area (TPSA) is 401 Å². The number of aliphatic hydroxyl groups is 2. The lowest BCUT2D eigenvalue weighted by atomic mass is 10.0. The average molecular weight is 2000 g/mol. The van der Waals surface area contributed by atoms with Crippen LogP contribution in [0.4, 0.5) is 46.0 Å². The highest BCUT2D eigenvalue weighted by molar-refractivity contribution is 6.15. The van der Waals surface area contributed by atoms with Crippen molar-refractivity contribution in [1.29, 1.82) is 0 Å². The molecule has 12 aromatic heterocycles. The van der Waals surface area contributed by atoms with Gasteiger partial charge in [-0.2, -0.15) is 20.4 Å². The van der Waals surface area contributed by atoms with Crippen LogP contribution in [0.2, 0.25) is 0 Å². The molecular formula is C115H130N28O6. The maximum Gasteiger partial charge on any atom is 0.276 e. The van der Waals surface area contributed by atoms with E-state index >= 15 is 0 Å². The van der Waals surface area contributed by atoms with Crippen molar-refractivity contribution in [3.63, 3.8) is 0 Å². The fraction of sp³-hybridized carbons (Fsp3) is 0.374. The molecule has 16 aromatic rings. The zero-order valence-electron chi connectivity index (χ0n) is 84.6. The first kappa shape index (κ1) is 99.8. The SMILES string of the molecule is Cc1cc(NC(=O)c2n[nH]c3ccc(-c4cncc(CN5CCCCC5)c4)cc23)cnc1N1CCCC1.O=C(Nc1ccc(N2CCC(O)CC2)nc1)c1n[nH]c2ccc(-c3cncc(CN4CCCCC4)c3)cc12.O=C(Nc1ccc(N2CCCC2)nc1)c1n[nH]c2ccc(-c3cncc(CN4CCC(O)CC4)c3)cc12.O=C(Nc1ccc(N2CCCCC2)nc1)c1n[nH]c2ccc(-c3cncc(CN4CCCCC4)c3)cc12. The number of benzene rings is 4. The Hall–Kier alpha value is -15.2. The van der Waals surface area contributed by atoms with Crippen molar-refractivity contribution >= 4 is 113 Å². The quantitative estimate of drug-likeness (QED) is 0.0269. The number of aryl methyl sites for hydroxylation is 1. The molecule has 34 heteroatoms. The minimum Gasteiger partial charge on any atom is -0.393 e. The fourth-order valence-corrected chi connectivity index (χ4v) is 21.6. The molecule has 8 aliphatic rings. The van der Waals surface area contributed by atoms with Crippen LogP contribution in [-0.4, -0.2) is 251 Å². The second-order valence-electron chi connectivity index (χ2n) is 40.7. The molecule has 4 aromatic carbocycles. The van der Waals surface area contributed by atoms with E-state index in [0.717, 1.165) is 279 Å². The van der Waals surface area contributed by atoms with Crippen LogP contribution in [0.15, 0.2) is 214 Å². The molecule has 8 fully saturated rings. The molecule has 766 valence electrons. The third-order valence-corrected chi connectivity index (χ3v) is 29.8. The predicted octanol–water partition coefficient (Wildman–Crippen LogP) is 18.5. The number of anilines is 8. The number of pyridine rings is 8. The average Bonchev–Trinajstić information content (AvgIpc) is 1.55. The van der Waals surface area contributed by atoms with E-state index in [4.69, 9.17) is 0 Å². The molecule has 0 saturated carbocycles. The van der Waals surface area contributed by atoms with Gasteiger partial charge in [-0.1, -0.05) is 43.5 Å². The number of aliphatic hydroxyl groups excluding tert-OH is 2. The van der Waals surface area contributed by atoms with E-state index in [1.807, 2.05) is 172 Å². The lowest BCUT2D eigenvalue weighted by Gasteiger charge is -2.30. The Labute approximate surface area is 866 Å². The van der Waals surface area contributed by atoms with Crippen molar-refractivity contribution in [2.45, 2.75) is 174 Å². The number of fused-ring (bicyclic) bond motifs is 4. The number of piperidine rings is 6. The highest BCUT2D eigenvalue weighted by atomic mass is 16.3. The predicted molar refractivity (Wildman–Crippen MR) is 585 cm³/mol. The summed E-state index contributed by atoms with van der Waals surface area (Å²) in [7, 11) is 0. The van der Waals surface area contributed by atoms with Crippen LogP contribution in [0.3, 0.4) is 0 Å². The third kappa shape index (κ3) is 24.9. The number of carbonyl (C=O) groups excluding carboxylic acids is 4. The van der Waals surface area contributed by atoms with Gasteiger partial charge in [0.2, 0.25) is 0 Å². The van der Waals surface area contributed by atoms with Crippen LogP contribution < -0.4 is 40.9 Å². The van der Waals surface area contributed by atoms with Crippen LogP contribution in [0.1, 0.15) is 198 Å². The van der Waals surface area contributed by atoms with Crippen molar-refractivity contribution in [3.05, 3.63) is 264 Å². The molecule has 4 amide bonds. The van der Waals surface area contributed by atoms with Gasteiger partial charge < -0.3 is 51.1 Å². The summed E-state index contributed by atoms with van der Waals surface area (Å²) < 4.78 is 0. The molecule has 0 aliphatic carbocycles. The minimum absolute atomic E-state index is 0.181. The summed E-state index contributed by atoms with van der Waals surface area (Å²) in [5.41, 5.74) is 21.2. The van der Waals surface area contributed by atoms with Crippen molar-refractivity contribution in [3.8, 4) is 44.5 Å². The fourth-order valence-electron chi connectivity index (χ4n) is 21.6. The number of hydrogen-bond donors (Lipinski definition) is 10. The van der Waals surface area contributed by atoms with E-state index in [9.17, 15) is 29.4 Å². The largest absolute Gasteiger partial charge is 0.393 e. The zero-order valence-corrected chi connectivity index (χ0v) is 84.6. The normalized spacial score (nSPS) is 16.8. The van der Waals surface area contributed by atoms with Crippen LogP contribution in [0, 0.1) is 6.92 Å². The Kier molecular flexibility index (Phi) is 31.7. The van der Waals surface area contributed by atoms with E-state index in [1.54, 1.807) is 24.8 Å². The van der Waals surface area contributed by atoms with Gasteiger partial charge in [0, 0.05) is 185 Å². The van der Waals surface area contributed by atoms with Crippen molar-refractivity contribution < 1.29 is 29.4 Å². The van der Waals surface area contributed by atoms with Crippen LogP contribution in [-0.2, 0) is 26.2 Å². The number of nitrogens with zero attached hydrogens (tertiary/aromatic N) is 20.